The van der Waals surface area contributed by atoms with Crippen LogP contribution < -0.4 is 10.6 Å². The number of amides is 1. The maximum atomic E-state index is 12.2. The van der Waals surface area contributed by atoms with Crippen LogP contribution in [0.5, 0.6) is 0 Å². The summed E-state index contributed by atoms with van der Waals surface area (Å²) in [4.78, 5) is 12.2. The van der Waals surface area contributed by atoms with Gasteiger partial charge in [0, 0.05) is 18.3 Å². The Morgan fingerprint density at radius 3 is 3.05 bits per heavy atom. The molecule has 1 aromatic carbocycles. The Kier molecular flexibility index (Phi) is 3.96. The van der Waals surface area contributed by atoms with E-state index in [2.05, 4.69) is 20.8 Å². The van der Waals surface area contributed by atoms with E-state index in [0.29, 0.717) is 0 Å². The van der Waals surface area contributed by atoms with Gasteiger partial charge in [-0.1, -0.05) is 18.6 Å². The minimum atomic E-state index is -0.0859. The minimum absolute atomic E-state index is 0.0322. The second-order valence-corrected chi connectivity index (χ2v) is 5.34. The average molecular weight is 285 g/mol. The standard InChI is InChI=1S/C15H19N5O/c1-20-10-17-19-14(20)11-5-4-6-12(9-11)18-15(21)13-7-2-3-8-16-13/h4-6,9-10,13,16H,2-3,7-8H2,1H3,(H,18,21)/t13-/m0/s1. The lowest BCUT2D eigenvalue weighted by Crippen LogP contribution is -2.43. The van der Waals surface area contributed by atoms with E-state index in [4.69, 9.17) is 0 Å². The van der Waals surface area contributed by atoms with Crippen molar-refractivity contribution in [2.75, 3.05) is 11.9 Å². The molecule has 1 fully saturated rings. The fourth-order valence-electron chi connectivity index (χ4n) is 2.59. The van der Waals surface area contributed by atoms with E-state index >= 15 is 0 Å². The van der Waals surface area contributed by atoms with Crippen molar-refractivity contribution in [1.29, 1.82) is 0 Å². The third kappa shape index (κ3) is 3.11. The smallest absolute Gasteiger partial charge is 0.241 e. The topological polar surface area (TPSA) is 71.8 Å². The van der Waals surface area contributed by atoms with Gasteiger partial charge in [-0.15, -0.1) is 10.2 Å². The van der Waals surface area contributed by atoms with Gasteiger partial charge in [-0.3, -0.25) is 4.79 Å². The van der Waals surface area contributed by atoms with E-state index in [-0.39, 0.29) is 11.9 Å². The highest BCUT2D eigenvalue weighted by molar-refractivity contribution is 5.95. The zero-order valence-corrected chi connectivity index (χ0v) is 12.0. The summed E-state index contributed by atoms with van der Waals surface area (Å²) >= 11 is 0. The molecular formula is C15H19N5O. The second kappa shape index (κ2) is 6.05. The van der Waals surface area contributed by atoms with Crippen LogP contribution in [0.25, 0.3) is 11.4 Å². The van der Waals surface area contributed by atoms with Crippen molar-refractivity contribution < 1.29 is 4.79 Å². The Hall–Kier alpha value is -2.21. The largest absolute Gasteiger partial charge is 0.325 e. The molecule has 1 aliphatic heterocycles. The van der Waals surface area contributed by atoms with E-state index in [1.807, 2.05) is 35.9 Å². The molecule has 2 aromatic rings. The number of anilines is 1. The monoisotopic (exact) mass is 285 g/mol. The van der Waals surface area contributed by atoms with Gasteiger partial charge >= 0.3 is 0 Å². The number of hydrogen-bond acceptors (Lipinski definition) is 4. The molecule has 0 aliphatic carbocycles. The molecule has 0 saturated carbocycles. The van der Waals surface area contributed by atoms with Crippen LogP contribution in [0.15, 0.2) is 30.6 Å². The summed E-state index contributed by atoms with van der Waals surface area (Å²) < 4.78 is 1.85. The molecule has 3 rings (SSSR count). The van der Waals surface area contributed by atoms with Crippen molar-refractivity contribution in [1.82, 2.24) is 20.1 Å². The summed E-state index contributed by atoms with van der Waals surface area (Å²) in [7, 11) is 1.90. The molecule has 110 valence electrons. The van der Waals surface area contributed by atoms with Crippen LogP contribution in [0.3, 0.4) is 0 Å². The first-order valence-corrected chi connectivity index (χ1v) is 7.23. The van der Waals surface area contributed by atoms with Gasteiger partial charge in [0.05, 0.1) is 6.04 Å². The molecule has 6 heteroatoms. The zero-order valence-electron chi connectivity index (χ0n) is 12.0. The van der Waals surface area contributed by atoms with Crippen LogP contribution >= 0.6 is 0 Å². The van der Waals surface area contributed by atoms with Crippen LogP contribution in [0.1, 0.15) is 19.3 Å². The Bertz CT molecular complexity index is 630. The number of carbonyl (C=O) groups is 1. The second-order valence-electron chi connectivity index (χ2n) is 5.34. The van der Waals surface area contributed by atoms with Crippen LogP contribution in [0, 0.1) is 0 Å². The van der Waals surface area contributed by atoms with Crippen LogP contribution in [0.2, 0.25) is 0 Å². The molecule has 1 aliphatic rings. The van der Waals surface area contributed by atoms with Crippen molar-refractivity contribution in [3.05, 3.63) is 30.6 Å². The normalized spacial score (nSPS) is 18.4. The van der Waals surface area contributed by atoms with Gasteiger partial charge in [0.25, 0.3) is 0 Å². The van der Waals surface area contributed by atoms with Gasteiger partial charge in [0.15, 0.2) is 5.82 Å². The lowest BCUT2D eigenvalue weighted by molar-refractivity contribution is -0.118. The summed E-state index contributed by atoms with van der Waals surface area (Å²) in [5.41, 5.74) is 1.72. The Morgan fingerprint density at radius 1 is 1.43 bits per heavy atom. The fraction of sp³-hybridized carbons (Fsp3) is 0.400. The Balaban J connectivity index is 1.74. The molecule has 1 atom stereocenters. The number of carbonyl (C=O) groups excluding carboxylic acids is 1. The van der Waals surface area contributed by atoms with Gasteiger partial charge in [-0.25, -0.2) is 0 Å². The number of nitrogens with zero attached hydrogens (tertiary/aromatic N) is 3. The van der Waals surface area contributed by atoms with Gasteiger partial charge in [0.1, 0.15) is 6.33 Å². The van der Waals surface area contributed by atoms with Crippen molar-refractivity contribution in [2.24, 2.45) is 7.05 Å². The van der Waals surface area contributed by atoms with Crippen LogP contribution in [-0.2, 0) is 11.8 Å². The molecule has 2 heterocycles. The summed E-state index contributed by atoms with van der Waals surface area (Å²) in [5.74, 6) is 0.812. The lowest BCUT2D eigenvalue weighted by atomic mass is 10.0. The average Bonchev–Trinajstić information content (AvgIpc) is 2.94. The van der Waals surface area contributed by atoms with Gasteiger partial charge < -0.3 is 15.2 Å². The summed E-state index contributed by atoms with van der Waals surface area (Å²) in [6.07, 6.45) is 4.80. The van der Waals surface area contributed by atoms with Crippen molar-refractivity contribution in [2.45, 2.75) is 25.3 Å². The summed E-state index contributed by atoms with van der Waals surface area (Å²) in [6.45, 7) is 0.914. The number of aromatic nitrogens is 3. The van der Waals surface area contributed by atoms with Crippen molar-refractivity contribution >= 4 is 11.6 Å². The number of nitrogens with one attached hydrogen (secondary N) is 2. The van der Waals surface area contributed by atoms with E-state index in [1.165, 1.54) is 0 Å². The molecule has 1 amide bonds. The lowest BCUT2D eigenvalue weighted by Gasteiger charge is -2.22. The van der Waals surface area contributed by atoms with E-state index < -0.39 is 0 Å². The number of piperidine rings is 1. The van der Waals surface area contributed by atoms with E-state index in [1.54, 1.807) is 6.33 Å². The summed E-state index contributed by atoms with van der Waals surface area (Å²) in [5, 5.41) is 14.2. The molecular weight excluding hydrogens is 266 g/mol. The molecule has 0 unspecified atom stereocenters. The van der Waals surface area contributed by atoms with Crippen LogP contribution in [0.4, 0.5) is 5.69 Å². The van der Waals surface area contributed by atoms with Gasteiger partial charge in [-0.2, -0.15) is 0 Å². The molecule has 21 heavy (non-hydrogen) atoms. The van der Waals surface area contributed by atoms with Crippen molar-refractivity contribution in [3.8, 4) is 11.4 Å². The molecule has 0 radical (unpaired) electrons. The van der Waals surface area contributed by atoms with E-state index in [0.717, 1.165) is 42.9 Å². The molecule has 6 nitrogen and oxygen atoms in total. The molecule has 1 aromatic heterocycles. The van der Waals surface area contributed by atoms with Crippen molar-refractivity contribution in [3.63, 3.8) is 0 Å². The highest BCUT2D eigenvalue weighted by Gasteiger charge is 2.20. The fourth-order valence-corrected chi connectivity index (χ4v) is 2.59. The van der Waals surface area contributed by atoms with Crippen LogP contribution in [-0.4, -0.2) is 33.3 Å². The van der Waals surface area contributed by atoms with Gasteiger partial charge in [-0.05, 0) is 31.5 Å². The molecule has 0 bridgehead atoms. The Morgan fingerprint density at radius 2 is 2.33 bits per heavy atom. The highest BCUT2D eigenvalue weighted by atomic mass is 16.2. The number of rotatable bonds is 3. The molecule has 2 N–H and O–H groups in total. The first-order valence-electron chi connectivity index (χ1n) is 7.23. The first kappa shape index (κ1) is 13.8. The molecule has 0 spiro atoms. The molecule has 1 saturated heterocycles. The third-order valence-electron chi connectivity index (χ3n) is 3.73. The highest BCUT2D eigenvalue weighted by Crippen LogP contribution is 2.20. The quantitative estimate of drug-likeness (QED) is 0.898. The first-order chi connectivity index (χ1) is 10.2. The Labute approximate surface area is 123 Å². The predicted octanol–water partition coefficient (Wildman–Crippen LogP) is 1.56. The maximum absolute atomic E-state index is 12.2. The van der Waals surface area contributed by atoms with E-state index in [9.17, 15) is 4.79 Å². The minimum Gasteiger partial charge on any atom is -0.325 e. The summed E-state index contributed by atoms with van der Waals surface area (Å²) in [6, 6.07) is 7.59. The SMILES string of the molecule is Cn1cnnc1-c1cccc(NC(=O)[C@@H]2CCCCN2)c1. The number of aryl methyl sites for hydroxylation is 1. The number of hydrogen-bond donors (Lipinski definition) is 2. The number of benzene rings is 1. The zero-order chi connectivity index (χ0) is 14.7. The van der Waals surface area contributed by atoms with Gasteiger partial charge in [0.2, 0.25) is 5.91 Å². The predicted molar refractivity (Wildman–Crippen MR) is 80.7 cm³/mol. The third-order valence-corrected chi connectivity index (χ3v) is 3.73. The maximum Gasteiger partial charge on any atom is 0.241 e.